The summed E-state index contributed by atoms with van der Waals surface area (Å²) in [5, 5.41) is 54.9. The molecule has 0 saturated carbocycles. The van der Waals surface area contributed by atoms with Crippen molar-refractivity contribution in [3.63, 3.8) is 0 Å². The standard InChI is InChI=1S/C80H149NO8/c1-3-5-7-9-11-13-15-17-19-21-23-25-27-29-31-33-35-36-37-38-40-42-44-46-48-50-52-54-56-58-60-62-64-66-68-70-76(84)81-73(72-88-80-79(87)78(86)77(85)75(71-82)89-80)74(83)69-67-65-63-61-59-57-55-53-51-49-47-45-43-41-39-34-32-30-28-26-24-22-20-18-16-14-12-10-8-6-4-2/h15,17,21,23,27,29,59,61,67,69,73-75,77-80,82-83,85-87H,3-14,16,18-20,22,24-26,28,30-58,60,62-66,68,70-72H2,1-2H3,(H,81,84)/b17-15-,23-21-,29-27-,61-59+,69-67+. The molecule has 6 N–H and O–H groups in total. The molecule has 1 heterocycles. The monoisotopic (exact) mass is 1250 g/mol. The second kappa shape index (κ2) is 68.7. The summed E-state index contributed by atoms with van der Waals surface area (Å²) in [4.78, 5) is 13.2. The van der Waals surface area contributed by atoms with Gasteiger partial charge in [-0.3, -0.25) is 4.79 Å². The average Bonchev–Trinajstić information content (AvgIpc) is 2.28. The number of aliphatic hydroxyl groups excluding tert-OH is 5. The Morgan fingerprint density at radius 1 is 0.382 bits per heavy atom. The summed E-state index contributed by atoms with van der Waals surface area (Å²) in [5.41, 5.74) is 0. The molecule has 1 saturated heterocycles. The third-order valence-electron chi connectivity index (χ3n) is 18.6. The number of amides is 1. The van der Waals surface area contributed by atoms with Crippen LogP contribution in [0.2, 0.25) is 0 Å². The first kappa shape index (κ1) is 84.9. The van der Waals surface area contributed by atoms with E-state index < -0.39 is 49.5 Å². The van der Waals surface area contributed by atoms with Crippen LogP contribution in [0.3, 0.4) is 0 Å². The maximum atomic E-state index is 13.2. The van der Waals surface area contributed by atoms with E-state index in [0.717, 1.165) is 51.4 Å². The molecular weight excluding hydrogens is 1100 g/mol. The summed E-state index contributed by atoms with van der Waals surface area (Å²) < 4.78 is 11.3. The van der Waals surface area contributed by atoms with Crippen molar-refractivity contribution in [1.29, 1.82) is 0 Å². The molecule has 1 aliphatic rings. The van der Waals surface area contributed by atoms with Crippen LogP contribution in [0.15, 0.2) is 60.8 Å². The molecule has 0 aliphatic carbocycles. The van der Waals surface area contributed by atoms with Crippen molar-refractivity contribution in [2.75, 3.05) is 13.2 Å². The van der Waals surface area contributed by atoms with Crippen molar-refractivity contribution in [2.45, 2.75) is 429 Å². The summed E-state index contributed by atoms with van der Waals surface area (Å²) in [6, 6.07) is -0.825. The predicted molar refractivity (Wildman–Crippen MR) is 382 cm³/mol. The zero-order valence-corrected chi connectivity index (χ0v) is 58.7. The van der Waals surface area contributed by atoms with Gasteiger partial charge in [-0.25, -0.2) is 0 Å². The van der Waals surface area contributed by atoms with Crippen molar-refractivity contribution in [2.24, 2.45) is 0 Å². The van der Waals surface area contributed by atoms with E-state index in [-0.39, 0.29) is 12.5 Å². The average molecular weight is 1250 g/mol. The maximum Gasteiger partial charge on any atom is 0.220 e. The van der Waals surface area contributed by atoms with Crippen molar-refractivity contribution in [1.82, 2.24) is 5.32 Å². The molecule has 7 unspecified atom stereocenters. The fourth-order valence-corrected chi connectivity index (χ4v) is 12.5. The normalized spacial score (nSPS) is 18.1. The Hall–Kier alpha value is -2.11. The lowest BCUT2D eigenvalue weighted by atomic mass is 9.99. The van der Waals surface area contributed by atoms with E-state index in [1.807, 2.05) is 6.08 Å². The van der Waals surface area contributed by atoms with E-state index in [0.29, 0.717) is 6.42 Å². The molecule has 9 heteroatoms. The van der Waals surface area contributed by atoms with Crippen LogP contribution in [0.1, 0.15) is 386 Å². The molecule has 89 heavy (non-hydrogen) atoms. The van der Waals surface area contributed by atoms with E-state index in [9.17, 15) is 30.3 Å². The number of carbonyl (C=O) groups excluding carboxylic acids is 1. The minimum Gasteiger partial charge on any atom is -0.394 e. The molecule has 0 spiro atoms. The Morgan fingerprint density at radius 3 is 1.02 bits per heavy atom. The van der Waals surface area contributed by atoms with E-state index in [1.165, 1.54) is 315 Å². The molecule has 1 amide bonds. The number of nitrogens with one attached hydrogen (secondary N) is 1. The van der Waals surface area contributed by atoms with Crippen molar-refractivity contribution < 1.29 is 39.8 Å². The van der Waals surface area contributed by atoms with Crippen molar-refractivity contribution in [3.05, 3.63) is 60.8 Å². The fraction of sp³-hybridized carbons (Fsp3) is 0.863. The highest BCUT2D eigenvalue weighted by atomic mass is 16.7. The Morgan fingerprint density at radius 2 is 0.674 bits per heavy atom. The Balaban J connectivity index is 2.10. The lowest BCUT2D eigenvalue weighted by molar-refractivity contribution is -0.302. The van der Waals surface area contributed by atoms with Gasteiger partial charge >= 0.3 is 0 Å². The summed E-state index contributed by atoms with van der Waals surface area (Å²) in [6.45, 7) is 3.81. The number of hydrogen-bond acceptors (Lipinski definition) is 8. The van der Waals surface area contributed by atoms with Gasteiger partial charge < -0.3 is 40.3 Å². The van der Waals surface area contributed by atoms with Crippen LogP contribution in [-0.2, 0) is 14.3 Å². The van der Waals surface area contributed by atoms with Crippen LogP contribution in [0.5, 0.6) is 0 Å². The highest BCUT2D eigenvalue weighted by Crippen LogP contribution is 2.24. The van der Waals surface area contributed by atoms with Crippen LogP contribution < -0.4 is 5.32 Å². The summed E-state index contributed by atoms with van der Waals surface area (Å²) >= 11 is 0. The molecular formula is C80H149NO8. The number of aliphatic hydroxyl groups is 5. The van der Waals surface area contributed by atoms with Crippen LogP contribution in [0.4, 0.5) is 0 Å². The van der Waals surface area contributed by atoms with E-state index >= 15 is 0 Å². The molecule has 1 fully saturated rings. The molecule has 0 aromatic heterocycles. The Kier molecular flexibility index (Phi) is 65.6. The second-order valence-corrected chi connectivity index (χ2v) is 27.1. The van der Waals surface area contributed by atoms with Gasteiger partial charge in [-0.1, -0.05) is 370 Å². The topological polar surface area (TPSA) is 149 Å². The van der Waals surface area contributed by atoms with Crippen LogP contribution >= 0.6 is 0 Å². The van der Waals surface area contributed by atoms with Gasteiger partial charge in [-0.2, -0.15) is 0 Å². The molecule has 1 rings (SSSR count). The molecule has 7 atom stereocenters. The summed E-state index contributed by atoms with van der Waals surface area (Å²) in [7, 11) is 0. The zero-order chi connectivity index (χ0) is 64.2. The van der Waals surface area contributed by atoms with Gasteiger partial charge in [0.2, 0.25) is 5.91 Å². The fourth-order valence-electron chi connectivity index (χ4n) is 12.5. The van der Waals surface area contributed by atoms with Crippen LogP contribution in [0.25, 0.3) is 0 Å². The second-order valence-electron chi connectivity index (χ2n) is 27.1. The molecule has 0 aromatic rings. The number of carbonyl (C=O) groups is 1. The van der Waals surface area contributed by atoms with Crippen LogP contribution in [-0.4, -0.2) is 87.5 Å². The molecule has 1 aliphatic heterocycles. The van der Waals surface area contributed by atoms with Gasteiger partial charge in [-0.05, 0) is 70.6 Å². The van der Waals surface area contributed by atoms with Crippen molar-refractivity contribution in [3.8, 4) is 0 Å². The first-order valence-electron chi connectivity index (χ1n) is 39.0. The smallest absolute Gasteiger partial charge is 0.220 e. The molecule has 522 valence electrons. The first-order valence-corrected chi connectivity index (χ1v) is 39.0. The van der Waals surface area contributed by atoms with Crippen molar-refractivity contribution >= 4 is 5.91 Å². The third kappa shape index (κ3) is 57.1. The number of ether oxygens (including phenoxy) is 2. The summed E-state index contributed by atoms with van der Waals surface area (Å²) in [6.07, 6.45) is 89.4. The zero-order valence-electron chi connectivity index (χ0n) is 58.7. The molecule has 0 aromatic carbocycles. The maximum absolute atomic E-state index is 13.2. The van der Waals surface area contributed by atoms with Gasteiger partial charge in [0.15, 0.2) is 6.29 Å². The Bertz CT molecular complexity index is 1600. The first-order chi connectivity index (χ1) is 43.8. The third-order valence-corrected chi connectivity index (χ3v) is 18.6. The largest absolute Gasteiger partial charge is 0.394 e. The van der Waals surface area contributed by atoms with Crippen LogP contribution in [0, 0.1) is 0 Å². The van der Waals surface area contributed by atoms with E-state index in [2.05, 4.69) is 67.8 Å². The molecule has 0 bridgehead atoms. The van der Waals surface area contributed by atoms with E-state index in [4.69, 9.17) is 9.47 Å². The number of hydrogen-bond donors (Lipinski definition) is 6. The highest BCUT2D eigenvalue weighted by molar-refractivity contribution is 5.76. The molecule has 0 radical (unpaired) electrons. The van der Waals surface area contributed by atoms with E-state index in [1.54, 1.807) is 6.08 Å². The highest BCUT2D eigenvalue weighted by Gasteiger charge is 2.44. The minimum absolute atomic E-state index is 0.180. The Labute approximate surface area is 551 Å². The number of rotatable bonds is 69. The van der Waals surface area contributed by atoms with Gasteiger partial charge in [-0.15, -0.1) is 0 Å². The molecule has 9 nitrogen and oxygen atoms in total. The summed E-state index contributed by atoms with van der Waals surface area (Å²) in [5.74, 6) is -0.180. The lowest BCUT2D eigenvalue weighted by Crippen LogP contribution is -2.60. The van der Waals surface area contributed by atoms with Gasteiger partial charge in [0.25, 0.3) is 0 Å². The SMILES string of the molecule is CCCCCCC/C=C\C/C=C\C/C=C\CCCCCCCCCCCCCCCCCCCCCCC(=O)NC(COC1OC(CO)C(O)C(O)C1O)C(O)/C=C/CC/C=C/CCCCCCCCCCCCCCCCCCCCCCCCCCC. The lowest BCUT2D eigenvalue weighted by Gasteiger charge is -2.40. The van der Waals surface area contributed by atoms with Gasteiger partial charge in [0.1, 0.15) is 24.4 Å². The minimum atomic E-state index is -1.57. The van der Waals surface area contributed by atoms with Gasteiger partial charge in [0.05, 0.1) is 25.4 Å². The van der Waals surface area contributed by atoms with Gasteiger partial charge in [0, 0.05) is 6.42 Å². The number of unbranched alkanes of at least 4 members (excludes halogenated alkanes) is 51. The quantitative estimate of drug-likeness (QED) is 0.0261. The number of allylic oxidation sites excluding steroid dienone is 9. The predicted octanol–water partition coefficient (Wildman–Crippen LogP) is 22.1.